The molecule has 3 heteroatoms. The second-order valence-corrected chi connectivity index (χ2v) is 6.08. The van der Waals surface area contributed by atoms with E-state index in [2.05, 4.69) is 26.1 Å². The van der Waals surface area contributed by atoms with Crippen LogP contribution >= 0.6 is 0 Å². The molecule has 0 amide bonds. The van der Waals surface area contributed by atoms with E-state index in [0.29, 0.717) is 11.8 Å². The molecule has 0 bridgehead atoms. The molecule has 0 aliphatic heterocycles. The van der Waals surface area contributed by atoms with E-state index in [1.807, 2.05) is 30.3 Å². The van der Waals surface area contributed by atoms with Gasteiger partial charge >= 0.3 is 0 Å². The van der Waals surface area contributed by atoms with Crippen LogP contribution in [-0.2, 0) is 16.6 Å². The maximum absolute atomic E-state index is 12.3. The monoisotopic (exact) mass is 253 g/mol. The van der Waals surface area contributed by atoms with Gasteiger partial charge in [0.2, 0.25) is 0 Å². The van der Waals surface area contributed by atoms with Crippen molar-refractivity contribution in [1.82, 2.24) is 5.32 Å². The van der Waals surface area contributed by atoms with Crippen molar-refractivity contribution in [3.63, 3.8) is 0 Å². The van der Waals surface area contributed by atoms with Gasteiger partial charge in [0.05, 0.1) is 0 Å². The Morgan fingerprint density at radius 3 is 2.41 bits per heavy atom. The molecule has 1 aromatic rings. The second-order valence-electron chi connectivity index (χ2n) is 4.29. The largest absolute Gasteiger partial charge is 0.313 e. The van der Waals surface area contributed by atoms with E-state index >= 15 is 0 Å². The Morgan fingerprint density at radius 2 is 1.88 bits per heavy atom. The molecule has 96 valence electrons. The van der Waals surface area contributed by atoms with Crippen LogP contribution < -0.4 is 5.32 Å². The van der Waals surface area contributed by atoms with E-state index in [1.165, 1.54) is 0 Å². The summed E-state index contributed by atoms with van der Waals surface area (Å²) in [4.78, 5) is 0. The van der Waals surface area contributed by atoms with Crippen LogP contribution in [0.25, 0.3) is 0 Å². The van der Waals surface area contributed by atoms with Gasteiger partial charge in [-0.05, 0) is 25.5 Å². The molecule has 0 spiro atoms. The van der Waals surface area contributed by atoms with E-state index in [-0.39, 0.29) is 5.25 Å². The molecule has 3 unspecified atom stereocenters. The van der Waals surface area contributed by atoms with Gasteiger partial charge in [0.15, 0.2) is 0 Å². The van der Waals surface area contributed by atoms with Crippen LogP contribution in [0.15, 0.2) is 30.3 Å². The van der Waals surface area contributed by atoms with Crippen LogP contribution in [-0.4, -0.2) is 22.0 Å². The molecule has 1 rings (SSSR count). The van der Waals surface area contributed by atoms with Crippen molar-refractivity contribution in [3.05, 3.63) is 35.9 Å². The van der Waals surface area contributed by atoms with Crippen molar-refractivity contribution < 1.29 is 4.21 Å². The number of hydrogen-bond acceptors (Lipinski definition) is 2. The smallest absolute Gasteiger partial charge is 0.0488 e. The highest BCUT2D eigenvalue weighted by molar-refractivity contribution is 7.84. The van der Waals surface area contributed by atoms with Crippen LogP contribution in [0, 0.1) is 0 Å². The standard InChI is InChI=1S/C14H23NOS/c1-4-14(15-5-2)12(3)17(16)11-13-9-7-6-8-10-13/h6-10,12,14-15H,4-5,11H2,1-3H3. The maximum atomic E-state index is 12.3. The number of nitrogens with one attached hydrogen (secondary N) is 1. The first-order valence-corrected chi connectivity index (χ1v) is 7.71. The van der Waals surface area contributed by atoms with Gasteiger partial charge in [-0.2, -0.15) is 0 Å². The molecule has 0 saturated carbocycles. The van der Waals surface area contributed by atoms with Crippen molar-refractivity contribution in [2.45, 2.75) is 44.2 Å². The molecule has 0 aromatic heterocycles. The average molecular weight is 253 g/mol. The quantitative estimate of drug-likeness (QED) is 0.809. The molecule has 0 heterocycles. The third-order valence-corrected chi connectivity index (χ3v) is 4.81. The van der Waals surface area contributed by atoms with E-state index < -0.39 is 10.8 Å². The third-order valence-electron chi connectivity index (χ3n) is 3.04. The lowest BCUT2D eigenvalue weighted by Gasteiger charge is -2.23. The Kier molecular flexibility index (Phi) is 6.45. The molecule has 0 fully saturated rings. The zero-order chi connectivity index (χ0) is 12.7. The SMILES string of the molecule is CCNC(CC)C(C)S(=O)Cc1ccccc1. The molecule has 1 N–H and O–H groups in total. The third kappa shape index (κ3) is 4.60. The molecule has 1 aromatic carbocycles. The number of rotatable bonds is 7. The average Bonchev–Trinajstić information content (AvgIpc) is 2.36. The lowest BCUT2D eigenvalue weighted by Crippen LogP contribution is -2.40. The van der Waals surface area contributed by atoms with Crippen LogP contribution in [0.4, 0.5) is 0 Å². The minimum Gasteiger partial charge on any atom is -0.313 e. The minimum atomic E-state index is -0.810. The van der Waals surface area contributed by atoms with Gasteiger partial charge in [0.1, 0.15) is 0 Å². The first-order chi connectivity index (χ1) is 8.19. The summed E-state index contributed by atoms with van der Waals surface area (Å²) < 4.78 is 12.3. The van der Waals surface area contributed by atoms with Crippen molar-refractivity contribution in [3.8, 4) is 0 Å². The summed E-state index contributed by atoms with van der Waals surface area (Å²) in [6.45, 7) is 7.25. The van der Waals surface area contributed by atoms with Crippen LogP contribution in [0.3, 0.4) is 0 Å². The van der Waals surface area contributed by atoms with Gasteiger partial charge in [0.25, 0.3) is 0 Å². The first-order valence-electron chi connectivity index (χ1n) is 6.33. The highest BCUT2D eigenvalue weighted by Gasteiger charge is 2.20. The highest BCUT2D eigenvalue weighted by atomic mass is 32.2. The van der Waals surface area contributed by atoms with E-state index in [9.17, 15) is 4.21 Å². The van der Waals surface area contributed by atoms with Gasteiger partial charge in [0, 0.05) is 27.8 Å². The first kappa shape index (κ1) is 14.4. The predicted molar refractivity (Wildman–Crippen MR) is 75.5 cm³/mol. The second kappa shape index (κ2) is 7.62. The van der Waals surface area contributed by atoms with Gasteiger partial charge < -0.3 is 5.32 Å². The van der Waals surface area contributed by atoms with Crippen LogP contribution in [0.1, 0.15) is 32.8 Å². The molecular weight excluding hydrogens is 230 g/mol. The normalized spacial score (nSPS) is 16.4. The number of benzene rings is 1. The summed E-state index contributed by atoms with van der Waals surface area (Å²) in [6.07, 6.45) is 1.02. The molecule has 3 atom stereocenters. The summed E-state index contributed by atoms with van der Waals surface area (Å²) in [5.74, 6) is 0.657. The Morgan fingerprint density at radius 1 is 1.24 bits per heavy atom. The van der Waals surface area contributed by atoms with Crippen LogP contribution in [0.5, 0.6) is 0 Å². The molecular formula is C14H23NOS. The summed E-state index contributed by atoms with van der Waals surface area (Å²) in [5.41, 5.74) is 1.16. The molecule has 0 aliphatic rings. The molecule has 0 radical (unpaired) electrons. The van der Waals surface area contributed by atoms with Crippen molar-refractivity contribution in [1.29, 1.82) is 0 Å². The van der Waals surface area contributed by atoms with Gasteiger partial charge in [-0.15, -0.1) is 0 Å². The number of hydrogen-bond donors (Lipinski definition) is 1. The maximum Gasteiger partial charge on any atom is 0.0488 e. The van der Waals surface area contributed by atoms with E-state index in [4.69, 9.17) is 0 Å². The minimum absolute atomic E-state index is 0.195. The topological polar surface area (TPSA) is 29.1 Å². The fourth-order valence-corrected chi connectivity index (χ4v) is 3.40. The summed E-state index contributed by atoms with van der Waals surface area (Å²) in [7, 11) is -0.810. The zero-order valence-electron chi connectivity index (χ0n) is 11.0. The Hall–Kier alpha value is -0.670. The zero-order valence-corrected chi connectivity index (χ0v) is 11.8. The summed E-state index contributed by atoms with van der Waals surface area (Å²) in [6, 6.07) is 10.4. The molecule has 2 nitrogen and oxygen atoms in total. The summed E-state index contributed by atoms with van der Waals surface area (Å²) >= 11 is 0. The fraction of sp³-hybridized carbons (Fsp3) is 0.571. The lowest BCUT2D eigenvalue weighted by molar-refractivity contribution is 0.500. The Balaban J connectivity index is 2.57. The van der Waals surface area contributed by atoms with Gasteiger partial charge in [-0.25, -0.2) is 0 Å². The highest BCUT2D eigenvalue weighted by Crippen LogP contribution is 2.11. The summed E-state index contributed by atoms with van der Waals surface area (Å²) in [5, 5.41) is 3.60. The van der Waals surface area contributed by atoms with E-state index in [1.54, 1.807) is 0 Å². The predicted octanol–water partition coefficient (Wildman–Crippen LogP) is 2.71. The van der Waals surface area contributed by atoms with Crippen molar-refractivity contribution >= 4 is 10.8 Å². The lowest BCUT2D eigenvalue weighted by atomic mass is 10.2. The molecule has 0 saturated heterocycles. The van der Waals surface area contributed by atoms with E-state index in [0.717, 1.165) is 18.5 Å². The molecule has 17 heavy (non-hydrogen) atoms. The Bertz CT molecular complexity index is 339. The van der Waals surface area contributed by atoms with Gasteiger partial charge in [-0.3, -0.25) is 4.21 Å². The molecule has 0 aliphatic carbocycles. The van der Waals surface area contributed by atoms with Crippen molar-refractivity contribution in [2.75, 3.05) is 6.54 Å². The fourth-order valence-electron chi connectivity index (χ4n) is 1.96. The van der Waals surface area contributed by atoms with Crippen LogP contribution in [0.2, 0.25) is 0 Å². The van der Waals surface area contributed by atoms with Gasteiger partial charge in [-0.1, -0.05) is 44.2 Å². The van der Waals surface area contributed by atoms with Crippen molar-refractivity contribution in [2.24, 2.45) is 0 Å². The Labute approximate surface area is 107 Å².